The molecule has 0 bridgehead atoms. The minimum atomic E-state index is -1.22. The summed E-state index contributed by atoms with van der Waals surface area (Å²) in [6.07, 6.45) is 0. The Hall–Kier alpha value is -1.26. The van der Waals surface area contributed by atoms with Crippen LogP contribution in [-0.4, -0.2) is 29.7 Å². The Kier molecular flexibility index (Phi) is 2.86. The average Bonchev–Trinajstić information content (AvgIpc) is 1.86. The molecule has 11 heavy (non-hydrogen) atoms. The summed E-state index contributed by atoms with van der Waals surface area (Å²) in [6.45, 7) is 2.81. The summed E-state index contributed by atoms with van der Waals surface area (Å²) in [5, 5.41) is 13.1. The van der Waals surface area contributed by atoms with Crippen molar-refractivity contribution < 1.29 is 14.7 Å². The van der Waals surface area contributed by atoms with E-state index in [2.05, 4.69) is 10.6 Å². The fourth-order valence-electron chi connectivity index (χ4n) is 0.400. The van der Waals surface area contributed by atoms with Gasteiger partial charge in [-0.05, 0) is 13.8 Å². The number of carboxylic acid groups (broad SMARTS) is 1. The second kappa shape index (κ2) is 3.23. The summed E-state index contributed by atoms with van der Waals surface area (Å²) in [5.41, 5.74) is -1.22. The molecule has 0 aliphatic carbocycles. The van der Waals surface area contributed by atoms with Gasteiger partial charge in [0.05, 0.1) is 0 Å². The molecule has 0 fully saturated rings. The molecule has 3 N–H and O–H groups in total. The first-order valence-electron chi connectivity index (χ1n) is 3.13. The number of nitrogens with one attached hydrogen (secondary N) is 2. The molecule has 0 radical (unpaired) electrons. The minimum Gasteiger partial charge on any atom is -0.480 e. The molecule has 0 saturated heterocycles. The van der Waals surface area contributed by atoms with Crippen molar-refractivity contribution in [2.75, 3.05) is 7.05 Å². The van der Waals surface area contributed by atoms with Crippen LogP contribution in [0.4, 0.5) is 4.79 Å². The smallest absolute Gasteiger partial charge is 0.328 e. The van der Waals surface area contributed by atoms with Gasteiger partial charge >= 0.3 is 12.0 Å². The number of carbonyl (C=O) groups excluding carboxylic acids is 1. The highest BCUT2D eigenvalue weighted by Crippen LogP contribution is 2.00. The summed E-state index contributed by atoms with van der Waals surface area (Å²) in [7, 11) is 1.42. The highest BCUT2D eigenvalue weighted by Gasteiger charge is 2.28. The molecule has 5 heteroatoms. The van der Waals surface area contributed by atoms with E-state index in [0.29, 0.717) is 0 Å². The Labute approximate surface area is 64.8 Å². The zero-order valence-electron chi connectivity index (χ0n) is 6.76. The fraction of sp³-hybridized carbons (Fsp3) is 0.667. The molecule has 0 unspecified atom stereocenters. The number of rotatable bonds is 2. The first-order valence-corrected chi connectivity index (χ1v) is 3.13. The van der Waals surface area contributed by atoms with Crippen LogP contribution in [-0.2, 0) is 4.79 Å². The molecule has 0 aliphatic heterocycles. The monoisotopic (exact) mass is 160 g/mol. The lowest BCUT2D eigenvalue weighted by Crippen LogP contribution is -2.52. The maximum absolute atomic E-state index is 10.6. The van der Waals surface area contributed by atoms with Gasteiger partial charge in [-0.15, -0.1) is 0 Å². The molecule has 5 nitrogen and oxygen atoms in total. The van der Waals surface area contributed by atoms with Gasteiger partial charge in [0.15, 0.2) is 0 Å². The van der Waals surface area contributed by atoms with Gasteiger partial charge < -0.3 is 15.7 Å². The van der Waals surface area contributed by atoms with E-state index in [9.17, 15) is 9.59 Å². The van der Waals surface area contributed by atoms with E-state index in [-0.39, 0.29) is 0 Å². The average molecular weight is 160 g/mol. The Morgan fingerprint density at radius 1 is 1.36 bits per heavy atom. The number of hydrogen-bond acceptors (Lipinski definition) is 2. The number of carbonyl (C=O) groups is 2. The zero-order chi connectivity index (χ0) is 9.07. The summed E-state index contributed by atoms with van der Waals surface area (Å²) < 4.78 is 0. The molecule has 0 aromatic carbocycles. The molecule has 0 aromatic rings. The van der Waals surface area contributed by atoms with Crippen LogP contribution in [0.1, 0.15) is 13.8 Å². The Morgan fingerprint density at radius 3 is 2.09 bits per heavy atom. The minimum absolute atomic E-state index is 0.502. The maximum atomic E-state index is 10.6. The Balaban J connectivity index is 4.12. The molecule has 64 valence electrons. The second-order valence-corrected chi connectivity index (χ2v) is 2.63. The van der Waals surface area contributed by atoms with Gasteiger partial charge in [0.2, 0.25) is 0 Å². The van der Waals surface area contributed by atoms with Gasteiger partial charge in [0, 0.05) is 7.05 Å². The molecule has 2 amide bonds. The molecule has 0 rings (SSSR count). The van der Waals surface area contributed by atoms with Crippen LogP contribution in [0, 0.1) is 0 Å². The van der Waals surface area contributed by atoms with Crippen LogP contribution < -0.4 is 10.6 Å². The summed E-state index contributed by atoms with van der Waals surface area (Å²) in [4.78, 5) is 21.1. The predicted molar refractivity (Wildman–Crippen MR) is 39.3 cm³/mol. The lowest BCUT2D eigenvalue weighted by molar-refractivity contribution is -0.142. The van der Waals surface area contributed by atoms with Crippen LogP contribution in [0.2, 0.25) is 0 Å². The van der Waals surface area contributed by atoms with Crippen molar-refractivity contribution >= 4 is 12.0 Å². The largest absolute Gasteiger partial charge is 0.480 e. The van der Waals surface area contributed by atoms with Crippen molar-refractivity contribution in [1.29, 1.82) is 0 Å². The van der Waals surface area contributed by atoms with Crippen molar-refractivity contribution in [3.05, 3.63) is 0 Å². The zero-order valence-corrected chi connectivity index (χ0v) is 6.76. The third-order valence-electron chi connectivity index (χ3n) is 1.19. The molecule has 0 saturated carbocycles. The van der Waals surface area contributed by atoms with Crippen LogP contribution in [0.15, 0.2) is 0 Å². The highest BCUT2D eigenvalue weighted by atomic mass is 16.4. The van der Waals surface area contributed by atoms with Crippen LogP contribution >= 0.6 is 0 Å². The number of urea groups is 1. The highest BCUT2D eigenvalue weighted by molar-refractivity contribution is 5.85. The van der Waals surface area contributed by atoms with Crippen molar-refractivity contribution in [2.24, 2.45) is 0 Å². The van der Waals surface area contributed by atoms with Crippen LogP contribution in [0.3, 0.4) is 0 Å². The number of aliphatic carboxylic acids is 1. The number of hydrogen-bond donors (Lipinski definition) is 3. The van der Waals surface area contributed by atoms with Gasteiger partial charge in [-0.2, -0.15) is 0 Å². The van der Waals surface area contributed by atoms with Crippen LogP contribution in [0.5, 0.6) is 0 Å². The van der Waals surface area contributed by atoms with Crippen molar-refractivity contribution in [3.63, 3.8) is 0 Å². The second-order valence-electron chi connectivity index (χ2n) is 2.63. The Bertz CT molecular complexity index is 177. The molecule has 0 aliphatic rings. The van der Waals surface area contributed by atoms with E-state index in [4.69, 9.17) is 5.11 Å². The maximum Gasteiger partial charge on any atom is 0.328 e. The standard InChI is InChI=1S/C6H12N2O3/c1-6(2,4(9)10)8-5(11)7-3/h1-3H3,(H,9,10)(H2,7,8,11). The number of carboxylic acids is 1. The van der Waals surface area contributed by atoms with E-state index in [0.717, 1.165) is 0 Å². The number of amides is 2. The molecule has 0 atom stereocenters. The van der Waals surface area contributed by atoms with Gasteiger partial charge in [0.25, 0.3) is 0 Å². The molecule has 0 heterocycles. The summed E-state index contributed by atoms with van der Waals surface area (Å²) in [6, 6.07) is -0.502. The van der Waals surface area contributed by atoms with Crippen LogP contribution in [0.25, 0.3) is 0 Å². The SMILES string of the molecule is CNC(=O)NC(C)(C)C(=O)O. The molecule has 0 aromatic heterocycles. The van der Waals surface area contributed by atoms with Crippen molar-refractivity contribution in [3.8, 4) is 0 Å². The molecular formula is C6H12N2O3. The van der Waals surface area contributed by atoms with Gasteiger partial charge in [0.1, 0.15) is 5.54 Å². The lowest BCUT2D eigenvalue weighted by Gasteiger charge is -2.20. The quantitative estimate of drug-likeness (QED) is 0.522. The third kappa shape index (κ3) is 2.88. The lowest BCUT2D eigenvalue weighted by atomic mass is 10.1. The first kappa shape index (κ1) is 9.74. The van der Waals surface area contributed by atoms with Crippen molar-refractivity contribution in [2.45, 2.75) is 19.4 Å². The summed E-state index contributed by atoms with van der Waals surface area (Å²) in [5.74, 6) is -1.07. The first-order chi connectivity index (χ1) is 4.90. The van der Waals surface area contributed by atoms with E-state index < -0.39 is 17.5 Å². The van der Waals surface area contributed by atoms with Gasteiger partial charge in [-0.25, -0.2) is 9.59 Å². The van der Waals surface area contributed by atoms with Gasteiger partial charge in [-0.3, -0.25) is 0 Å². The normalized spacial score (nSPS) is 10.5. The third-order valence-corrected chi connectivity index (χ3v) is 1.19. The van der Waals surface area contributed by atoms with Gasteiger partial charge in [-0.1, -0.05) is 0 Å². The van der Waals surface area contributed by atoms with E-state index >= 15 is 0 Å². The molecular weight excluding hydrogens is 148 g/mol. The molecule has 0 spiro atoms. The van der Waals surface area contributed by atoms with E-state index in [1.54, 1.807) is 0 Å². The van der Waals surface area contributed by atoms with E-state index in [1.165, 1.54) is 20.9 Å². The topological polar surface area (TPSA) is 78.4 Å². The Morgan fingerprint density at radius 2 is 1.82 bits per heavy atom. The van der Waals surface area contributed by atoms with Crippen molar-refractivity contribution in [1.82, 2.24) is 10.6 Å². The predicted octanol–water partition coefficient (Wildman–Crippen LogP) is -0.221. The fourth-order valence-corrected chi connectivity index (χ4v) is 0.400. The van der Waals surface area contributed by atoms with E-state index in [1.807, 2.05) is 0 Å². The summed E-state index contributed by atoms with van der Waals surface area (Å²) >= 11 is 0.